The Bertz CT molecular complexity index is 587. The number of hydrogen-bond donors (Lipinski definition) is 2. The topological polar surface area (TPSA) is 94.0 Å². The molecule has 19 heavy (non-hydrogen) atoms. The first kappa shape index (κ1) is 13.1. The Kier molecular flexibility index (Phi) is 3.25. The monoisotopic (exact) mass is 260 g/mol. The highest BCUT2D eigenvalue weighted by atomic mass is 16.4. The molecule has 0 saturated heterocycles. The number of benzene rings is 1. The maximum absolute atomic E-state index is 11.1. The van der Waals surface area contributed by atoms with Crippen molar-refractivity contribution in [3.05, 3.63) is 30.6 Å². The van der Waals surface area contributed by atoms with E-state index in [4.69, 9.17) is 10.8 Å². The third-order valence-corrected chi connectivity index (χ3v) is 2.84. The van der Waals surface area contributed by atoms with E-state index in [0.29, 0.717) is 11.5 Å². The van der Waals surface area contributed by atoms with Crippen LogP contribution < -0.4 is 5.73 Å². The summed E-state index contributed by atoms with van der Waals surface area (Å²) < 4.78 is 1.54. The van der Waals surface area contributed by atoms with Crippen LogP contribution in [0.1, 0.15) is 13.8 Å². The second-order valence-electron chi connectivity index (χ2n) is 5.08. The Labute approximate surface area is 110 Å². The van der Waals surface area contributed by atoms with Crippen molar-refractivity contribution in [3.63, 3.8) is 0 Å². The molecule has 1 aromatic heterocycles. The number of anilines is 1. The third-order valence-electron chi connectivity index (χ3n) is 2.84. The van der Waals surface area contributed by atoms with E-state index in [0.717, 1.165) is 5.56 Å². The van der Waals surface area contributed by atoms with Crippen molar-refractivity contribution in [2.75, 3.05) is 5.73 Å². The number of nitrogens with zero attached hydrogens (tertiary/aromatic N) is 3. The quantitative estimate of drug-likeness (QED) is 0.815. The van der Waals surface area contributed by atoms with Crippen LogP contribution in [-0.2, 0) is 11.3 Å². The first-order valence-corrected chi connectivity index (χ1v) is 5.87. The Balaban J connectivity index is 2.20. The Morgan fingerprint density at radius 2 is 2.00 bits per heavy atom. The molecule has 2 rings (SSSR count). The predicted octanol–water partition coefficient (Wildman–Crippen LogP) is 1.64. The fraction of sp³-hybridized carbons (Fsp3) is 0.308. The maximum atomic E-state index is 11.1. The summed E-state index contributed by atoms with van der Waals surface area (Å²) in [4.78, 5) is 15.2. The summed E-state index contributed by atoms with van der Waals surface area (Å²) in [6.45, 7) is 3.57. The van der Waals surface area contributed by atoms with E-state index in [2.05, 4.69) is 10.1 Å². The van der Waals surface area contributed by atoms with Crippen LogP contribution in [0.25, 0.3) is 11.4 Å². The van der Waals surface area contributed by atoms with E-state index in [9.17, 15) is 4.79 Å². The van der Waals surface area contributed by atoms with Crippen molar-refractivity contribution in [3.8, 4) is 11.4 Å². The Hall–Kier alpha value is -2.37. The highest BCUT2D eigenvalue weighted by Gasteiger charge is 2.28. The molecule has 0 aliphatic rings. The molecule has 2 aromatic rings. The number of carboxylic acids is 1. The van der Waals surface area contributed by atoms with Gasteiger partial charge in [0.1, 0.15) is 6.33 Å². The summed E-state index contributed by atoms with van der Waals surface area (Å²) in [5.41, 5.74) is 6.26. The summed E-state index contributed by atoms with van der Waals surface area (Å²) in [5, 5.41) is 13.4. The second kappa shape index (κ2) is 4.72. The van der Waals surface area contributed by atoms with Crippen LogP contribution in [0.4, 0.5) is 5.69 Å². The molecule has 0 atom stereocenters. The smallest absolute Gasteiger partial charge is 0.310 e. The molecule has 6 heteroatoms. The zero-order valence-corrected chi connectivity index (χ0v) is 10.9. The van der Waals surface area contributed by atoms with E-state index in [-0.39, 0.29) is 6.54 Å². The highest BCUT2D eigenvalue weighted by Crippen LogP contribution is 2.20. The van der Waals surface area contributed by atoms with Gasteiger partial charge in [0.15, 0.2) is 5.82 Å². The number of carboxylic acid groups (broad SMARTS) is 1. The molecule has 0 unspecified atom stereocenters. The molecular formula is C13H16N4O2. The minimum Gasteiger partial charge on any atom is -0.481 e. The standard InChI is InChI=1S/C13H16N4O2/c1-13(2,12(18)19)7-17-8-15-11(16-17)9-3-5-10(14)6-4-9/h3-6,8H,7,14H2,1-2H3,(H,18,19). The van der Waals surface area contributed by atoms with Crippen molar-refractivity contribution >= 4 is 11.7 Å². The average molecular weight is 260 g/mol. The summed E-state index contributed by atoms with van der Waals surface area (Å²) in [6, 6.07) is 7.21. The third kappa shape index (κ3) is 2.90. The van der Waals surface area contributed by atoms with Crippen molar-refractivity contribution in [1.82, 2.24) is 14.8 Å². The van der Waals surface area contributed by atoms with Gasteiger partial charge in [-0.15, -0.1) is 0 Å². The van der Waals surface area contributed by atoms with Gasteiger partial charge in [-0.1, -0.05) is 0 Å². The second-order valence-corrected chi connectivity index (χ2v) is 5.08. The lowest BCUT2D eigenvalue weighted by Gasteiger charge is -2.18. The van der Waals surface area contributed by atoms with E-state index < -0.39 is 11.4 Å². The average Bonchev–Trinajstić information content (AvgIpc) is 2.77. The molecule has 6 nitrogen and oxygen atoms in total. The van der Waals surface area contributed by atoms with Gasteiger partial charge < -0.3 is 10.8 Å². The zero-order valence-electron chi connectivity index (χ0n) is 10.9. The first-order valence-electron chi connectivity index (χ1n) is 5.87. The first-order chi connectivity index (χ1) is 8.88. The van der Waals surface area contributed by atoms with Gasteiger partial charge in [-0.3, -0.25) is 9.48 Å². The van der Waals surface area contributed by atoms with Crippen molar-refractivity contribution in [1.29, 1.82) is 0 Å². The molecule has 1 heterocycles. The lowest BCUT2D eigenvalue weighted by molar-refractivity contribution is -0.147. The molecule has 3 N–H and O–H groups in total. The van der Waals surface area contributed by atoms with Gasteiger partial charge in [0, 0.05) is 11.3 Å². The van der Waals surface area contributed by atoms with Gasteiger partial charge in [-0.25, -0.2) is 4.98 Å². The van der Waals surface area contributed by atoms with Gasteiger partial charge in [0.25, 0.3) is 0 Å². The summed E-state index contributed by atoms with van der Waals surface area (Å²) >= 11 is 0. The van der Waals surface area contributed by atoms with E-state index in [1.165, 1.54) is 6.33 Å². The van der Waals surface area contributed by atoms with E-state index in [1.807, 2.05) is 12.1 Å². The molecule has 0 spiro atoms. The predicted molar refractivity (Wildman–Crippen MR) is 71.3 cm³/mol. The van der Waals surface area contributed by atoms with Crippen molar-refractivity contribution < 1.29 is 9.90 Å². The van der Waals surface area contributed by atoms with E-state index >= 15 is 0 Å². The minimum absolute atomic E-state index is 0.268. The fourth-order valence-electron chi connectivity index (χ4n) is 1.61. The molecule has 1 aromatic carbocycles. The number of aliphatic carboxylic acids is 1. The Morgan fingerprint density at radius 3 is 2.58 bits per heavy atom. The number of hydrogen-bond acceptors (Lipinski definition) is 4. The van der Waals surface area contributed by atoms with Crippen molar-refractivity contribution in [2.45, 2.75) is 20.4 Å². The Morgan fingerprint density at radius 1 is 1.37 bits per heavy atom. The van der Waals surface area contributed by atoms with Crippen LogP contribution in [0.3, 0.4) is 0 Å². The molecule has 0 saturated carbocycles. The molecule has 0 aliphatic carbocycles. The number of carbonyl (C=O) groups is 1. The molecule has 0 aliphatic heterocycles. The minimum atomic E-state index is -0.883. The van der Waals surface area contributed by atoms with Crippen LogP contribution in [0, 0.1) is 5.41 Å². The van der Waals surface area contributed by atoms with Crippen LogP contribution >= 0.6 is 0 Å². The lowest BCUT2D eigenvalue weighted by atomic mass is 9.94. The summed E-state index contributed by atoms with van der Waals surface area (Å²) in [5.74, 6) is -0.307. The summed E-state index contributed by atoms with van der Waals surface area (Å²) in [7, 11) is 0. The highest BCUT2D eigenvalue weighted by molar-refractivity contribution is 5.73. The van der Waals surface area contributed by atoms with Crippen LogP contribution in [-0.4, -0.2) is 25.8 Å². The van der Waals surface area contributed by atoms with E-state index in [1.54, 1.807) is 30.7 Å². The zero-order chi connectivity index (χ0) is 14.0. The van der Waals surface area contributed by atoms with Crippen LogP contribution in [0.15, 0.2) is 30.6 Å². The SMILES string of the molecule is CC(C)(Cn1cnc(-c2ccc(N)cc2)n1)C(=O)O. The number of rotatable bonds is 4. The maximum Gasteiger partial charge on any atom is 0.310 e. The molecule has 0 bridgehead atoms. The van der Waals surface area contributed by atoms with Crippen molar-refractivity contribution in [2.24, 2.45) is 5.41 Å². The van der Waals surface area contributed by atoms with Crippen LogP contribution in [0.5, 0.6) is 0 Å². The fourth-order valence-corrected chi connectivity index (χ4v) is 1.61. The molecule has 100 valence electrons. The molecule has 0 fully saturated rings. The van der Waals surface area contributed by atoms with Crippen LogP contribution in [0.2, 0.25) is 0 Å². The van der Waals surface area contributed by atoms with Gasteiger partial charge >= 0.3 is 5.97 Å². The lowest BCUT2D eigenvalue weighted by Crippen LogP contribution is -2.29. The van der Waals surface area contributed by atoms with Gasteiger partial charge in [0.2, 0.25) is 0 Å². The number of aromatic nitrogens is 3. The number of nitrogen functional groups attached to an aromatic ring is 1. The molecule has 0 radical (unpaired) electrons. The summed E-state index contributed by atoms with van der Waals surface area (Å²) in [6.07, 6.45) is 1.54. The molecular weight excluding hydrogens is 244 g/mol. The largest absolute Gasteiger partial charge is 0.481 e. The van der Waals surface area contributed by atoms with Gasteiger partial charge in [-0.2, -0.15) is 5.10 Å². The normalized spacial score (nSPS) is 11.5. The van der Waals surface area contributed by atoms with Gasteiger partial charge in [-0.05, 0) is 38.1 Å². The number of nitrogens with two attached hydrogens (primary N) is 1. The molecule has 0 amide bonds. The van der Waals surface area contributed by atoms with Gasteiger partial charge in [0.05, 0.1) is 12.0 Å².